The van der Waals surface area contributed by atoms with Crippen LogP contribution < -0.4 is 0 Å². The molecule has 9 aromatic rings. The van der Waals surface area contributed by atoms with Crippen LogP contribution in [0.4, 0.5) is 0 Å². The topological polar surface area (TPSA) is 38.7 Å². The number of hydrogen-bond acceptors (Lipinski definition) is 5. The molecule has 0 saturated carbocycles. The van der Waals surface area contributed by atoms with Gasteiger partial charge in [-0.25, -0.2) is 15.0 Å². The third kappa shape index (κ3) is 5.29. The molecule has 3 nitrogen and oxygen atoms in total. The molecule has 0 fully saturated rings. The van der Waals surface area contributed by atoms with Gasteiger partial charge in [0, 0.05) is 33.4 Å². The molecule has 0 aliphatic carbocycles. The van der Waals surface area contributed by atoms with Gasteiger partial charge in [-0.15, -0.1) is 22.7 Å². The molecule has 0 spiro atoms. The van der Waals surface area contributed by atoms with Crippen molar-refractivity contribution in [1.29, 1.82) is 0 Å². The van der Waals surface area contributed by atoms with Crippen molar-refractivity contribution in [3.05, 3.63) is 164 Å². The number of pyridine rings is 1. The lowest BCUT2D eigenvalue weighted by molar-refractivity contribution is 1.32. The molecule has 0 bridgehead atoms. The van der Waals surface area contributed by atoms with Gasteiger partial charge in [-0.1, -0.05) is 133 Å². The number of para-hydroxylation sites is 2. The first kappa shape index (κ1) is 28.5. The summed E-state index contributed by atoms with van der Waals surface area (Å²) in [5, 5.41) is 2.05. The van der Waals surface area contributed by atoms with E-state index in [4.69, 9.17) is 15.0 Å². The Balaban J connectivity index is 1.19. The fourth-order valence-corrected chi connectivity index (χ4v) is 8.10. The number of hydrogen-bond donors (Lipinski definition) is 0. The quantitative estimate of drug-likeness (QED) is 0.180. The molecule has 0 saturated heterocycles. The number of aromatic nitrogens is 3. The average molecular weight is 650 g/mol. The Labute approximate surface area is 286 Å². The molecule has 3 aromatic heterocycles. The second-order valence-corrected chi connectivity index (χ2v) is 13.7. The predicted octanol–water partition coefficient (Wildman–Crippen LogP) is 12.3. The maximum atomic E-state index is 5.46. The Hall–Kier alpha value is -5.75. The zero-order valence-electron chi connectivity index (χ0n) is 25.7. The lowest BCUT2D eigenvalue weighted by atomic mass is 9.91. The number of nitrogens with zero attached hydrogens (tertiary/aromatic N) is 3. The minimum Gasteiger partial charge on any atom is -0.246 e. The molecule has 0 aliphatic heterocycles. The van der Waals surface area contributed by atoms with Crippen molar-refractivity contribution in [1.82, 2.24) is 15.0 Å². The zero-order valence-corrected chi connectivity index (χ0v) is 27.4. The van der Waals surface area contributed by atoms with E-state index in [1.165, 1.54) is 9.40 Å². The molecular weight excluding hydrogens is 623 g/mol. The number of thiazole rings is 2. The van der Waals surface area contributed by atoms with E-state index in [1.54, 1.807) is 22.7 Å². The highest BCUT2D eigenvalue weighted by Crippen LogP contribution is 2.41. The molecule has 0 radical (unpaired) electrons. The molecule has 9 rings (SSSR count). The van der Waals surface area contributed by atoms with Crippen LogP contribution in [-0.2, 0) is 0 Å². The molecule has 0 N–H and O–H groups in total. The summed E-state index contributed by atoms with van der Waals surface area (Å²) in [4.78, 5) is 15.3. The Morgan fingerprint density at radius 3 is 1.10 bits per heavy atom. The van der Waals surface area contributed by atoms with E-state index in [1.807, 2.05) is 12.1 Å². The predicted molar refractivity (Wildman–Crippen MR) is 203 cm³/mol. The highest BCUT2D eigenvalue weighted by molar-refractivity contribution is 7.22. The first-order valence-corrected chi connectivity index (χ1v) is 17.5. The van der Waals surface area contributed by atoms with Crippen LogP contribution in [0.5, 0.6) is 0 Å². The Morgan fingerprint density at radius 2 is 0.688 bits per heavy atom. The zero-order chi connectivity index (χ0) is 31.9. The van der Waals surface area contributed by atoms with E-state index >= 15 is 0 Å². The third-order valence-corrected chi connectivity index (χ3v) is 10.8. The molecular formula is C43H27N3S2. The van der Waals surface area contributed by atoms with Gasteiger partial charge < -0.3 is 0 Å². The maximum absolute atomic E-state index is 5.46. The fourth-order valence-electron chi connectivity index (χ4n) is 6.16. The Morgan fingerprint density at radius 1 is 0.312 bits per heavy atom. The van der Waals surface area contributed by atoms with Gasteiger partial charge in [-0.3, -0.25) is 0 Å². The Bertz CT molecular complexity index is 2290. The van der Waals surface area contributed by atoms with E-state index < -0.39 is 0 Å². The molecule has 6 aromatic carbocycles. The number of rotatable bonds is 6. The smallest absolute Gasteiger partial charge is 0.124 e. The highest BCUT2D eigenvalue weighted by Gasteiger charge is 2.18. The Kier molecular flexibility index (Phi) is 7.19. The van der Waals surface area contributed by atoms with Crippen LogP contribution in [0, 0.1) is 0 Å². The molecule has 226 valence electrons. The number of fused-ring (bicyclic) bond motifs is 2. The van der Waals surface area contributed by atoms with Gasteiger partial charge in [-0.2, -0.15) is 0 Å². The fraction of sp³-hybridized carbons (Fsp3) is 0. The van der Waals surface area contributed by atoms with Crippen LogP contribution in [0.3, 0.4) is 0 Å². The summed E-state index contributed by atoms with van der Waals surface area (Å²) in [7, 11) is 0. The summed E-state index contributed by atoms with van der Waals surface area (Å²) in [6.07, 6.45) is 0. The van der Waals surface area contributed by atoms with Crippen molar-refractivity contribution >= 4 is 43.1 Å². The second-order valence-electron chi connectivity index (χ2n) is 11.6. The summed E-state index contributed by atoms with van der Waals surface area (Å²) in [6, 6.07) is 57.4. The van der Waals surface area contributed by atoms with Crippen molar-refractivity contribution in [2.45, 2.75) is 0 Å². The monoisotopic (exact) mass is 649 g/mol. The minimum absolute atomic E-state index is 0.956. The first-order valence-electron chi connectivity index (χ1n) is 15.9. The van der Waals surface area contributed by atoms with E-state index in [-0.39, 0.29) is 0 Å². The van der Waals surface area contributed by atoms with Gasteiger partial charge in [0.25, 0.3) is 0 Å². The van der Waals surface area contributed by atoms with Gasteiger partial charge >= 0.3 is 0 Å². The van der Waals surface area contributed by atoms with Crippen LogP contribution in [0.1, 0.15) is 0 Å². The van der Waals surface area contributed by atoms with Crippen LogP contribution in [0.15, 0.2) is 164 Å². The van der Waals surface area contributed by atoms with Crippen molar-refractivity contribution in [2.24, 2.45) is 0 Å². The summed E-state index contributed by atoms with van der Waals surface area (Å²) in [6.45, 7) is 0. The normalized spacial score (nSPS) is 11.3. The number of benzene rings is 6. The van der Waals surface area contributed by atoms with Crippen LogP contribution in [0.25, 0.3) is 86.3 Å². The van der Waals surface area contributed by atoms with Crippen molar-refractivity contribution in [3.63, 3.8) is 0 Å². The minimum atomic E-state index is 0.956. The molecule has 0 unspecified atom stereocenters. The SMILES string of the molecule is c1ccc(-c2nc(-c3ccccc3)c(-c3ccc(-c4nc5ccccc5s4)cc3)cc2-c2ccc(-c3nc4ccccc4s3)cc2)cc1. The standard InChI is InChI=1S/C43H27N3S2/c1-3-11-30(12-4-1)40-34(28-19-23-32(24-20-28)42-44-36-15-7-9-17-38(36)47-42)27-35(41(46-40)31-13-5-2-6-14-31)29-21-25-33(26-22-29)43-45-37-16-8-10-18-39(37)48-43/h1-27H. The van der Waals surface area contributed by atoms with Crippen LogP contribution in [-0.4, -0.2) is 15.0 Å². The van der Waals surface area contributed by atoms with Gasteiger partial charge in [0.1, 0.15) is 10.0 Å². The summed E-state index contributed by atoms with van der Waals surface area (Å²) in [5.74, 6) is 0. The maximum Gasteiger partial charge on any atom is 0.124 e. The van der Waals surface area contributed by atoms with E-state index in [0.717, 1.165) is 76.9 Å². The van der Waals surface area contributed by atoms with Gasteiger partial charge in [0.15, 0.2) is 0 Å². The van der Waals surface area contributed by atoms with Crippen molar-refractivity contribution < 1.29 is 0 Å². The second kappa shape index (κ2) is 12.1. The van der Waals surface area contributed by atoms with E-state index in [9.17, 15) is 0 Å². The highest BCUT2D eigenvalue weighted by atomic mass is 32.1. The molecule has 0 amide bonds. The summed E-state index contributed by atoms with van der Waals surface area (Å²) >= 11 is 3.45. The lowest BCUT2D eigenvalue weighted by Gasteiger charge is -2.17. The molecule has 0 atom stereocenters. The molecule has 5 heteroatoms. The van der Waals surface area contributed by atoms with Gasteiger partial charge in [-0.05, 0) is 41.5 Å². The van der Waals surface area contributed by atoms with Gasteiger partial charge in [0.05, 0.1) is 31.8 Å². The van der Waals surface area contributed by atoms with Gasteiger partial charge in [0.2, 0.25) is 0 Å². The van der Waals surface area contributed by atoms with Crippen LogP contribution in [0.2, 0.25) is 0 Å². The third-order valence-electron chi connectivity index (χ3n) is 8.59. The molecule has 48 heavy (non-hydrogen) atoms. The van der Waals surface area contributed by atoms with Crippen LogP contribution >= 0.6 is 22.7 Å². The van der Waals surface area contributed by atoms with E-state index in [2.05, 4.69) is 152 Å². The largest absolute Gasteiger partial charge is 0.246 e. The summed E-state index contributed by atoms with van der Waals surface area (Å²) in [5.41, 5.74) is 12.8. The summed E-state index contributed by atoms with van der Waals surface area (Å²) < 4.78 is 2.39. The first-order chi connectivity index (χ1) is 23.8. The van der Waals surface area contributed by atoms with Crippen molar-refractivity contribution in [2.75, 3.05) is 0 Å². The molecule has 3 heterocycles. The van der Waals surface area contributed by atoms with E-state index in [0.29, 0.717) is 0 Å². The average Bonchev–Trinajstić information content (AvgIpc) is 3.80. The lowest BCUT2D eigenvalue weighted by Crippen LogP contribution is -1.97. The van der Waals surface area contributed by atoms with Crippen molar-refractivity contribution in [3.8, 4) is 65.9 Å². The molecule has 0 aliphatic rings.